The van der Waals surface area contributed by atoms with Gasteiger partial charge >= 0.3 is 0 Å². The lowest BCUT2D eigenvalue weighted by Crippen LogP contribution is -2.54. The molecule has 1 aliphatic carbocycles. The molecule has 3 N–H and O–H groups in total. The molecule has 0 aromatic heterocycles. The van der Waals surface area contributed by atoms with Crippen molar-refractivity contribution in [3.05, 3.63) is 60.2 Å². The van der Waals surface area contributed by atoms with Crippen LogP contribution < -0.4 is 20.7 Å². The molecule has 2 aliphatic rings. The highest BCUT2D eigenvalue weighted by molar-refractivity contribution is 7.99. The van der Waals surface area contributed by atoms with E-state index in [4.69, 9.17) is 14.2 Å². The summed E-state index contributed by atoms with van der Waals surface area (Å²) in [6, 6.07) is 16.1. The smallest absolute Gasteiger partial charge is 0.243 e. The number of amides is 2. The average Bonchev–Trinajstić information content (AvgIpc) is 3.05. The highest BCUT2D eigenvalue weighted by Gasteiger charge is 2.26. The molecule has 4 rings (SSSR count). The molecule has 0 spiro atoms. The Hall–Kier alpha value is -2.24. The zero-order chi connectivity index (χ0) is 30.1. The Morgan fingerprint density at radius 3 is 2.37 bits per heavy atom. The van der Waals surface area contributed by atoms with Gasteiger partial charge in [0, 0.05) is 31.2 Å². The third kappa shape index (κ3) is 12.3. The van der Waals surface area contributed by atoms with Crippen molar-refractivity contribution in [1.82, 2.24) is 16.0 Å². The van der Waals surface area contributed by atoms with Gasteiger partial charge in [0.15, 0.2) is 6.29 Å². The SMILES string of the molecule is O=C(N[C@@H](CSCC1CCCCC1)C(=O)NCc1ccc(Oc2ccccc2)cc1)[C@H](CS)NCCOC1CCCCO1. The van der Waals surface area contributed by atoms with Crippen LogP contribution in [0.5, 0.6) is 11.5 Å². The van der Waals surface area contributed by atoms with Crippen LogP contribution in [0.3, 0.4) is 0 Å². The van der Waals surface area contributed by atoms with Crippen molar-refractivity contribution in [2.75, 3.05) is 37.0 Å². The molecule has 2 aromatic carbocycles. The predicted molar refractivity (Wildman–Crippen MR) is 176 cm³/mol. The highest BCUT2D eigenvalue weighted by atomic mass is 32.2. The largest absolute Gasteiger partial charge is 0.457 e. The predicted octanol–water partition coefficient (Wildman–Crippen LogP) is 5.32. The molecular formula is C33H47N3O5S2. The summed E-state index contributed by atoms with van der Waals surface area (Å²) in [5.41, 5.74) is 0.950. The van der Waals surface area contributed by atoms with Gasteiger partial charge in [-0.1, -0.05) is 49.6 Å². The number of thiol groups is 1. The summed E-state index contributed by atoms with van der Waals surface area (Å²) in [6.07, 6.45) is 9.30. The van der Waals surface area contributed by atoms with Gasteiger partial charge in [0.1, 0.15) is 17.5 Å². The lowest BCUT2D eigenvalue weighted by Gasteiger charge is -2.25. The highest BCUT2D eigenvalue weighted by Crippen LogP contribution is 2.27. The minimum atomic E-state index is -0.641. The molecule has 8 nitrogen and oxygen atoms in total. The van der Waals surface area contributed by atoms with Crippen molar-refractivity contribution >= 4 is 36.2 Å². The summed E-state index contributed by atoms with van der Waals surface area (Å²) in [5, 5.41) is 9.25. The minimum Gasteiger partial charge on any atom is -0.457 e. The second-order valence-corrected chi connectivity index (χ2v) is 12.7. The van der Waals surface area contributed by atoms with E-state index in [-0.39, 0.29) is 18.1 Å². The van der Waals surface area contributed by atoms with E-state index in [0.29, 0.717) is 37.1 Å². The number of para-hydroxylation sites is 1. The first-order valence-electron chi connectivity index (χ1n) is 15.7. The fraction of sp³-hybridized carbons (Fsp3) is 0.576. The topological polar surface area (TPSA) is 97.9 Å². The Balaban J connectivity index is 1.26. The van der Waals surface area contributed by atoms with Crippen LogP contribution in [0.15, 0.2) is 54.6 Å². The molecule has 2 amide bonds. The number of ether oxygens (including phenoxy) is 3. The van der Waals surface area contributed by atoms with E-state index in [2.05, 4.69) is 28.6 Å². The van der Waals surface area contributed by atoms with Crippen molar-refractivity contribution in [2.24, 2.45) is 5.92 Å². The zero-order valence-electron chi connectivity index (χ0n) is 25.0. The molecule has 236 valence electrons. The van der Waals surface area contributed by atoms with E-state index in [1.54, 1.807) is 11.8 Å². The first kappa shape index (κ1) is 33.6. The Morgan fingerprint density at radius 1 is 0.907 bits per heavy atom. The number of hydrogen-bond acceptors (Lipinski definition) is 8. The number of benzene rings is 2. The summed E-state index contributed by atoms with van der Waals surface area (Å²) in [5.74, 6) is 3.62. The molecule has 1 saturated carbocycles. The van der Waals surface area contributed by atoms with Crippen LogP contribution in [0.4, 0.5) is 0 Å². The van der Waals surface area contributed by atoms with Crippen LogP contribution in [0, 0.1) is 5.92 Å². The van der Waals surface area contributed by atoms with Crippen LogP contribution in [0.1, 0.15) is 56.9 Å². The fourth-order valence-corrected chi connectivity index (χ4v) is 6.85. The Bertz CT molecular complexity index is 1080. The third-order valence-corrected chi connectivity index (χ3v) is 9.44. The van der Waals surface area contributed by atoms with E-state index in [1.807, 2.05) is 54.6 Å². The van der Waals surface area contributed by atoms with Gasteiger partial charge in [0.05, 0.1) is 12.6 Å². The quantitative estimate of drug-likeness (QED) is 0.139. The molecule has 1 heterocycles. The van der Waals surface area contributed by atoms with Crippen LogP contribution in [-0.2, 0) is 25.6 Å². The Kier molecular flexibility index (Phi) is 15.0. The van der Waals surface area contributed by atoms with E-state index in [1.165, 1.54) is 32.1 Å². The number of rotatable bonds is 17. The molecule has 3 atom stereocenters. The van der Waals surface area contributed by atoms with Gasteiger partial charge in [-0.05, 0) is 73.6 Å². The summed E-state index contributed by atoms with van der Waals surface area (Å²) in [7, 11) is 0. The summed E-state index contributed by atoms with van der Waals surface area (Å²) >= 11 is 6.15. The van der Waals surface area contributed by atoms with Gasteiger partial charge in [-0.3, -0.25) is 9.59 Å². The van der Waals surface area contributed by atoms with E-state index in [0.717, 1.165) is 48.7 Å². The maximum absolute atomic E-state index is 13.4. The number of carbonyl (C=O) groups excluding carboxylic acids is 2. The second kappa shape index (κ2) is 19.2. The molecule has 43 heavy (non-hydrogen) atoms. The lowest BCUT2D eigenvalue weighted by molar-refractivity contribution is -0.161. The zero-order valence-corrected chi connectivity index (χ0v) is 26.7. The second-order valence-electron chi connectivity index (χ2n) is 11.2. The normalized spacial score (nSPS) is 18.9. The Labute approximate surface area is 266 Å². The fourth-order valence-electron chi connectivity index (χ4n) is 5.28. The molecule has 10 heteroatoms. The molecule has 0 bridgehead atoms. The van der Waals surface area contributed by atoms with Crippen LogP contribution in [0.25, 0.3) is 0 Å². The number of hydrogen-bond donors (Lipinski definition) is 4. The van der Waals surface area contributed by atoms with Gasteiger partial charge in [0.25, 0.3) is 0 Å². The van der Waals surface area contributed by atoms with Gasteiger partial charge in [-0.15, -0.1) is 0 Å². The van der Waals surface area contributed by atoms with Crippen molar-refractivity contribution in [2.45, 2.75) is 76.3 Å². The Morgan fingerprint density at radius 2 is 1.65 bits per heavy atom. The van der Waals surface area contributed by atoms with Crippen LogP contribution in [-0.4, -0.2) is 67.2 Å². The lowest BCUT2D eigenvalue weighted by atomic mass is 9.91. The molecule has 0 radical (unpaired) electrons. The van der Waals surface area contributed by atoms with E-state index >= 15 is 0 Å². The first-order valence-corrected chi connectivity index (χ1v) is 17.4. The summed E-state index contributed by atoms with van der Waals surface area (Å²) in [6.45, 7) is 2.03. The van der Waals surface area contributed by atoms with Crippen molar-refractivity contribution < 1.29 is 23.8 Å². The molecule has 2 aromatic rings. The van der Waals surface area contributed by atoms with Crippen molar-refractivity contribution in [1.29, 1.82) is 0 Å². The summed E-state index contributed by atoms with van der Waals surface area (Å²) < 4.78 is 17.3. The van der Waals surface area contributed by atoms with Gasteiger partial charge in [-0.25, -0.2) is 0 Å². The van der Waals surface area contributed by atoms with Crippen molar-refractivity contribution in [3.63, 3.8) is 0 Å². The number of nitrogens with one attached hydrogen (secondary N) is 3. The molecular weight excluding hydrogens is 583 g/mol. The number of carbonyl (C=O) groups is 2. The van der Waals surface area contributed by atoms with Crippen molar-refractivity contribution in [3.8, 4) is 11.5 Å². The maximum atomic E-state index is 13.4. The van der Waals surface area contributed by atoms with Crippen LogP contribution in [0.2, 0.25) is 0 Å². The van der Waals surface area contributed by atoms with Gasteiger partial charge in [-0.2, -0.15) is 24.4 Å². The monoisotopic (exact) mass is 629 g/mol. The standard InChI is InChI=1S/C33H47N3O5S2/c37-32(35-21-25-14-16-28(17-15-25)41-27-11-5-2-6-12-27)30(24-43-23-26-9-3-1-4-10-26)36-33(38)29(22-42)34-18-20-40-31-13-7-8-19-39-31/h2,5-6,11-12,14-17,26,29-31,34,42H,1,3-4,7-10,13,18-24H2,(H,35,37)(H,36,38)/t29-,30-,31?/m0/s1. The van der Waals surface area contributed by atoms with E-state index < -0.39 is 12.1 Å². The maximum Gasteiger partial charge on any atom is 0.243 e. The third-order valence-electron chi connectivity index (χ3n) is 7.80. The van der Waals surface area contributed by atoms with E-state index in [9.17, 15) is 9.59 Å². The molecule has 1 unspecified atom stereocenters. The van der Waals surface area contributed by atoms with Gasteiger partial charge in [0.2, 0.25) is 11.8 Å². The van der Waals surface area contributed by atoms with Gasteiger partial charge < -0.3 is 30.2 Å². The summed E-state index contributed by atoms with van der Waals surface area (Å²) in [4.78, 5) is 26.6. The molecule has 1 saturated heterocycles. The first-order chi connectivity index (χ1) is 21.1. The molecule has 1 aliphatic heterocycles. The van der Waals surface area contributed by atoms with Crippen LogP contribution >= 0.6 is 24.4 Å². The minimum absolute atomic E-state index is 0.166. The number of thioether (sulfide) groups is 1. The molecule has 2 fully saturated rings. The average molecular weight is 630 g/mol.